The molecule has 1 aliphatic carbocycles. The van der Waals surface area contributed by atoms with E-state index in [0.717, 1.165) is 50.1 Å². The molecular weight excluding hydrogens is 268 g/mol. The minimum absolute atomic E-state index is 0.592. The average molecular weight is 294 g/mol. The first-order valence-electron chi connectivity index (χ1n) is 7.51. The van der Waals surface area contributed by atoms with Gasteiger partial charge in [-0.1, -0.05) is 31.2 Å². The summed E-state index contributed by atoms with van der Waals surface area (Å²) in [6, 6.07) is 8.52. The number of hydrogen-bond donors (Lipinski definition) is 3. The maximum Gasteiger partial charge on any atom is 0.0896 e. The van der Waals surface area contributed by atoms with Crippen LogP contribution in [0.2, 0.25) is 0 Å². The van der Waals surface area contributed by atoms with E-state index in [1.807, 2.05) is 7.05 Å². The lowest BCUT2D eigenvalue weighted by atomic mass is 9.76. The molecule has 3 nitrogen and oxygen atoms in total. The Morgan fingerprint density at radius 3 is 2.50 bits per heavy atom. The van der Waals surface area contributed by atoms with Crippen LogP contribution >= 0.6 is 12.1 Å². The third kappa shape index (κ3) is 4.22. The van der Waals surface area contributed by atoms with Crippen molar-refractivity contribution in [2.24, 2.45) is 5.92 Å². The lowest BCUT2D eigenvalue weighted by Gasteiger charge is -2.35. The van der Waals surface area contributed by atoms with Crippen molar-refractivity contribution < 1.29 is 5.11 Å². The van der Waals surface area contributed by atoms with Crippen molar-refractivity contribution in [1.82, 2.24) is 9.44 Å². The number of nitrogens with one attached hydrogen (secondary N) is 2. The first kappa shape index (κ1) is 15.8. The van der Waals surface area contributed by atoms with E-state index < -0.39 is 5.60 Å². The van der Waals surface area contributed by atoms with Crippen molar-refractivity contribution in [1.29, 1.82) is 0 Å². The lowest BCUT2D eigenvalue weighted by molar-refractivity contribution is -0.0120. The second kappa shape index (κ2) is 7.46. The highest BCUT2D eigenvalue weighted by Gasteiger charge is 2.33. The van der Waals surface area contributed by atoms with Gasteiger partial charge in [-0.3, -0.25) is 9.44 Å². The molecule has 0 aliphatic heterocycles. The Balaban J connectivity index is 1.90. The first-order valence-corrected chi connectivity index (χ1v) is 8.33. The van der Waals surface area contributed by atoms with Crippen LogP contribution in [0.15, 0.2) is 24.3 Å². The van der Waals surface area contributed by atoms with Crippen LogP contribution in [0.5, 0.6) is 0 Å². The monoisotopic (exact) mass is 294 g/mol. The van der Waals surface area contributed by atoms with Crippen molar-refractivity contribution in [3.05, 3.63) is 35.4 Å². The van der Waals surface area contributed by atoms with Crippen molar-refractivity contribution in [2.75, 3.05) is 13.6 Å². The van der Waals surface area contributed by atoms with Crippen LogP contribution < -0.4 is 9.44 Å². The Bertz CT molecular complexity index is 399. The Morgan fingerprint density at radius 1 is 1.25 bits per heavy atom. The molecule has 2 rings (SSSR count). The zero-order valence-electron chi connectivity index (χ0n) is 12.5. The predicted octanol–water partition coefficient (Wildman–Crippen LogP) is 3.00. The molecule has 0 bridgehead atoms. The highest BCUT2D eigenvalue weighted by Crippen LogP contribution is 2.39. The van der Waals surface area contributed by atoms with Crippen molar-refractivity contribution >= 4 is 12.1 Å². The van der Waals surface area contributed by atoms with E-state index in [0.29, 0.717) is 0 Å². The van der Waals surface area contributed by atoms with E-state index in [-0.39, 0.29) is 0 Å². The van der Waals surface area contributed by atoms with Gasteiger partial charge in [-0.05, 0) is 56.2 Å². The van der Waals surface area contributed by atoms with E-state index in [9.17, 15) is 5.11 Å². The molecule has 0 atom stereocenters. The van der Waals surface area contributed by atoms with Crippen molar-refractivity contribution in [3.8, 4) is 0 Å². The fourth-order valence-corrected chi connectivity index (χ4v) is 3.18. The molecule has 0 saturated heterocycles. The van der Waals surface area contributed by atoms with Gasteiger partial charge in [0.25, 0.3) is 0 Å². The van der Waals surface area contributed by atoms with Crippen LogP contribution in [0.1, 0.15) is 43.7 Å². The van der Waals surface area contributed by atoms with Gasteiger partial charge in [0.1, 0.15) is 0 Å². The predicted molar refractivity (Wildman–Crippen MR) is 86.3 cm³/mol. The molecule has 0 aromatic heterocycles. The second-order valence-electron chi connectivity index (χ2n) is 5.86. The largest absolute Gasteiger partial charge is 0.385 e. The molecule has 1 fully saturated rings. The fraction of sp³-hybridized carbons (Fsp3) is 0.625. The summed E-state index contributed by atoms with van der Waals surface area (Å²) in [5, 5.41) is 10.8. The summed E-state index contributed by atoms with van der Waals surface area (Å²) in [5.41, 5.74) is 1.81. The normalized spacial score (nSPS) is 26.6. The van der Waals surface area contributed by atoms with Gasteiger partial charge in [0.05, 0.1) is 5.60 Å². The average Bonchev–Trinajstić information content (AvgIpc) is 2.48. The van der Waals surface area contributed by atoms with Gasteiger partial charge in [0.15, 0.2) is 0 Å². The summed E-state index contributed by atoms with van der Waals surface area (Å²) >= 11 is 1.51. The van der Waals surface area contributed by atoms with Crippen molar-refractivity contribution in [2.45, 2.75) is 44.6 Å². The standard InChI is InChI=1S/C16H26N2OS/c1-13-7-10-16(19,11-8-13)15-5-3-14(4-6-15)9-12-18-20-17-2/h3-6,13,17-19H,7-12H2,1-2H3. The first-order chi connectivity index (χ1) is 9.64. The molecule has 0 radical (unpaired) electrons. The SMILES string of the molecule is CNSNCCc1ccc(C2(O)CCC(C)CC2)cc1. The van der Waals surface area contributed by atoms with E-state index in [4.69, 9.17) is 0 Å². The van der Waals surface area contributed by atoms with Gasteiger partial charge in [-0.25, -0.2) is 0 Å². The quantitative estimate of drug-likeness (QED) is 0.557. The summed E-state index contributed by atoms with van der Waals surface area (Å²) in [6.07, 6.45) is 5.05. The Hall–Kier alpha value is -0.550. The van der Waals surface area contributed by atoms with Crippen LogP contribution in [0, 0.1) is 5.92 Å². The van der Waals surface area contributed by atoms with Gasteiger partial charge in [-0.15, -0.1) is 0 Å². The summed E-state index contributed by atoms with van der Waals surface area (Å²) in [4.78, 5) is 0. The second-order valence-corrected chi connectivity index (χ2v) is 6.76. The van der Waals surface area contributed by atoms with Crippen LogP contribution in [0.25, 0.3) is 0 Å². The zero-order valence-corrected chi connectivity index (χ0v) is 13.3. The summed E-state index contributed by atoms with van der Waals surface area (Å²) in [5.74, 6) is 0.755. The Kier molecular flexibility index (Phi) is 5.90. The van der Waals surface area contributed by atoms with Crippen LogP contribution in [-0.2, 0) is 12.0 Å². The smallest absolute Gasteiger partial charge is 0.0896 e. The molecule has 0 amide bonds. The summed E-state index contributed by atoms with van der Waals surface area (Å²) in [7, 11) is 1.90. The summed E-state index contributed by atoms with van der Waals surface area (Å²) < 4.78 is 6.22. The highest BCUT2D eigenvalue weighted by molar-refractivity contribution is 7.95. The zero-order chi connectivity index (χ0) is 14.4. The molecule has 1 aliphatic rings. The van der Waals surface area contributed by atoms with Gasteiger partial charge in [0.2, 0.25) is 0 Å². The van der Waals surface area contributed by atoms with Gasteiger partial charge in [0, 0.05) is 18.7 Å². The number of aliphatic hydroxyl groups is 1. The van der Waals surface area contributed by atoms with E-state index in [2.05, 4.69) is 40.6 Å². The van der Waals surface area contributed by atoms with Gasteiger partial charge >= 0.3 is 0 Å². The third-order valence-electron chi connectivity index (χ3n) is 4.28. The molecule has 0 spiro atoms. The molecule has 0 heterocycles. The summed E-state index contributed by atoms with van der Waals surface area (Å²) in [6.45, 7) is 3.21. The minimum Gasteiger partial charge on any atom is -0.385 e. The number of benzene rings is 1. The Morgan fingerprint density at radius 2 is 1.90 bits per heavy atom. The highest BCUT2D eigenvalue weighted by atomic mass is 32.2. The van der Waals surface area contributed by atoms with E-state index in [1.54, 1.807) is 0 Å². The van der Waals surface area contributed by atoms with Crippen LogP contribution in [-0.4, -0.2) is 18.7 Å². The van der Waals surface area contributed by atoms with Crippen LogP contribution in [0.3, 0.4) is 0 Å². The molecule has 1 aromatic rings. The van der Waals surface area contributed by atoms with E-state index >= 15 is 0 Å². The van der Waals surface area contributed by atoms with Gasteiger partial charge < -0.3 is 5.11 Å². The maximum atomic E-state index is 10.8. The maximum absolute atomic E-state index is 10.8. The van der Waals surface area contributed by atoms with Gasteiger partial charge in [-0.2, -0.15) is 0 Å². The van der Waals surface area contributed by atoms with Crippen LogP contribution in [0.4, 0.5) is 0 Å². The molecule has 1 aromatic carbocycles. The molecule has 112 valence electrons. The molecule has 4 heteroatoms. The topological polar surface area (TPSA) is 44.3 Å². The third-order valence-corrected chi connectivity index (χ3v) is 4.84. The Labute approximate surface area is 126 Å². The minimum atomic E-state index is -0.592. The number of rotatable bonds is 6. The number of hydrogen-bond acceptors (Lipinski definition) is 4. The molecule has 20 heavy (non-hydrogen) atoms. The molecule has 3 N–H and O–H groups in total. The fourth-order valence-electron chi connectivity index (χ4n) is 2.83. The lowest BCUT2D eigenvalue weighted by Crippen LogP contribution is -2.30. The van der Waals surface area contributed by atoms with E-state index in [1.165, 1.54) is 17.7 Å². The molecular formula is C16H26N2OS. The molecule has 0 unspecified atom stereocenters. The van der Waals surface area contributed by atoms with Crippen molar-refractivity contribution in [3.63, 3.8) is 0 Å². The molecule has 1 saturated carbocycles.